The van der Waals surface area contributed by atoms with Crippen LogP contribution < -0.4 is 5.32 Å². The number of nitrogens with one attached hydrogen (secondary N) is 1. The van der Waals surface area contributed by atoms with Gasteiger partial charge in [0.2, 0.25) is 21.9 Å². The van der Waals surface area contributed by atoms with Crippen LogP contribution in [-0.2, 0) is 26.8 Å². The second-order valence-electron chi connectivity index (χ2n) is 11.0. The van der Waals surface area contributed by atoms with Crippen LogP contribution in [0.5, 0.6) is 0 Å². The first-order valence-electron chi connectivity index (χ1n) is 12.5. The van der Waals surface area contributed by atoms with Gasteiger partial charge in [-0.1, -0.05) is 20.8 Å². The third kappa shape index (κ3) is 5.38. The Hall–Kier alpha value is -2.07. The number of nitrogens with zero attached hydrogens (tertiary/aromatic N) is 3. The minimum absolute atomic E-state index is 0.0926. The number of benzene rings is 1. The summed E-state index contributed by atoms with van der Waals surface area (Å²) in [6, 6.07) is 4.97. The molecule has 2 heterocycles. The van der Waals surface area contributed by atoms with E-state index in [9.17, 15) is 22.0 Å². The second-order valence-corrected chi connectivity index (χ2v) is 12.9. The molecule has 1 aromatic carbocycles. The fourth-order valence-electron chi connectivity index (χ4n) is 5.20. The van der Waals surface area contributed by atoms with Gasteiger partial charge >= 0.3 is 0 Å². The summed E-state index contributed by atoms with van der Waals surface area (Å²) in [6.45, 7) is 9.54. The molecule has 2 aliphatic rings. The smallest absolute Gasteiger partial charge is 0.248 e. The monoisotopic (exact) mass is 510 g/mol. The zero-order chi connectivity index (χ0) is 25.6. The lowest BCUT2D eigenvalue weighted by Gasteiger charge is -2.30. The average Bonchev–Trinajstić information content (AvgIpc) is 3.41. The first-order chi connectivity index (χ1) is 16.3. The minimum atomic E-state index is -3.77. The van der Waals surface area contributed by atoms with E-state index in [1.165, 1.54) is 4.31 Å². The molecule has 194 valence electrons. The fourth-order valence-corrected chi connectivity index (χ4v) is 6.72. The first-order valence-corrected chi connectivity index (χ1v) is 13.9. The molecule has 0 radical (unpaired) electrons. The van der Waals surface area contributed by atoms with Crippen molar-refractivity contribution < 1.29 is 22.0 Å². The molecule has 1 aromatic heterocycles. The maximum absolute atomic E-state index is 13.7. The molecule has 4 rings (SSSR count). The zero-order valence-electron chi connectivity index (χ0n) is 21.0. The van der Waals surface area contributed by atoms with E-state index >= 15 is 0 Å². The summed E-state index contributed by atoms with van der Waals surface area (Å²) in [5, 5.41) is 2.77. The van der Waals surface area contributed by atoms with Gasteiger partial charge in [-0.3, -0.25) is 4.79 Å². The quantitative estimate of drug-likeness (QED) is 0.628. The molecule has 1 aliphatic heterocycles. The van der Waals surface area contributed by atoms with Crippen molar-refractivity contribution in [3.8, 4) is 0 Å². The number of amides is 1. The summed E-state index contributed by atoms with van der Waals surface area (Å²) in [5.74, 6) is -2.09. The van der Waals surface area contributed by atoms with Crippen LogP contribution in [0.2, 0.25) is 0 Å². The molecule has 1 atom stereocenters. The highest BCUT2D eigenvalue weighted by Crippen LogP contribution is 2.38. The minimum Gasteiger partial charge on any atom is -0.356 e. The van der Waals surface area contributed by atoms with Gasteiger partial charge in [-0.05, 0) is 50.3 Å². The van der Waals surface area contributed by atoms with Gasteiger partial charge in [-0.25, -0.2) is 22.2 Å². The summed E-state index contributed by atoms with van der Waals surface area (Å²) in [4.78, 5) is 17.1. The number of imidazole rings is 1. The van der Waals surface area contributed by atoms with Crippen LogP contribution in [0.25, 0.3) is 11.0 Å². The SMILES string of the molecule is CCNC(=O)[C@H]1CCN(S(=O)(=O)c2ccc3c(c2)nc(C(C)(C)C)n3CC2CCC(F)(F)CC2)C1. The highest BCUT2D eigenvalue weighted by molar-refractivity contribution is 7.89. The van der Waals surface area contributed by atoms with Gasteiger partial charge in [0.15, 0.2) is 0 Å². The normalized spacial score (nSPS) is 22.1. The number of carbonyl (C=O) groups is 1. The average molecular weight is 511 g/mol. The second kappa shape index (κ2) is 9.42. The van der Waals surface area contributed by atoms with Crippen LogP contribution in [0.15, 0.2) is 23.1 Å². The summed E-state index contributed by atoms with van der Waals surface area (Å²) in [5.41, 5.74) is 1.09. The van der Waals surface area contributed by atoms with Crippen molar-refractivity contribution in [1.29, 1.82) is 0 Å². The number of halogens is 2. The molecule has 0 spiro atoms. The van der Waals surface area contributed by atoms with Gasteiger partial charge < -0.3 is 9.88 Å². The van der Waals surface area contributed by atoms with Crippen LogP contribution in [-0.4, -0.2) is 53.7 Å². The van der Waals surface area contributed by atoms with Crippen molar-refractivity contribution in [3.63, 3.8) is 0 Å². The lowest BCUT2D eigenvalue weighted by Crippen LogP contribution is -2.34. The number of carbonyl (C=O) groups excluding carboxylic acids is 1. The molecule has 1 N–H and O–H groups in total. The number of fused-ring (bicyclic) bond motifs is 1. The van der Waals surface area contributed by atoms with E-state index in [0.29, 0.717) is 44.4 Å². The van der Waals surface area contributed by atoms with Crippen molar-refractivity contribution in [2.45, 2.75) is 82.6 Å². The Bertz CT molecular complexity index is 1190. The van der Waals surface area contributed by atoms with Crippen molar-refractivity contribution in [1.82, 2.24) is 19.2 Å². The van der Waals surface area contributed by atoms with Crippen molar-refractivity contribution in [2.75, 3.05) is 19.6 Å². The molecular formula is C25H36F2N4O3S. The standard InChI is InChI=1S/C25H36F2N4O3S/c1-5-28-22(32)18-10-13-30(16-18)35(33,34)19-6-7-21-20(14-19)29-23(24(2,3)4)31(21)15-17-8-11-25(26,27)12-9-17/h6-7,14,17-18H,5,8-13,15-16H2,1-4H3,(H,28,32)/t18-/m0/s1. The van der Waals surface area contributed by atoms with Gasteiger partial charge in [-0.15, -0.1) is 0 Å². The molecule has 0 bridgehead atoms. The first kappa shape index (κ1) is 26.0. The molecule has 1 saturated heterocycles. The third-order valence-electron chi connectivity index (χ3n) is 7.18. The van der Waals surface area contributed by atoms with Gasteiger partial charge in [-0.2, -0.15) is 4.31 Å². The Labute approximate surface area is 206 Å². The highest BCUT2D eigenvalue weighted by atomic mass is 32.2. The number of hydrogen-bond acceptors (Lipinski definition) is 4. The van der Waals surface area contributed by atoms with Gasteiger partial charge in [0.1, 0.15) is 5.82 Å². The van der Waals surface area contributed by atoms with Gasteiger partial charge in [0, 0.05) is 44.4 Å². The van der Waals surface area contributed by atoms with Gasteiger partial charge in [0.25, 0.3) is 0 Å². The zero-order valence-corrected chi connectivity index (χ0v) is 21.8. The molecule has 1 amide bonds. The van der Waals surface area contributed by atoms with E-state index < -0.39 is 15.9 Å². The fraction of sp³-hybridized carbons (Fsp3) is 0.680. The van der Waals surface area contributed by atoms with E-state index in [1.54, 1.807) is 18.2 Å². The summed E-state index contributed by atoms with van der Waals surface area (Å²) < 4.78 is 57.5. The van der Waals surface area contributed by atoms with Crippen LogP contribution in [0, 0.1) is 11.8 Å². The van der Waals surface area contributed by atoms with Crippen LogP contribution in [0.4, 0.5) is 8.78 Å². The highest BCUT2D eigenvalue weighted by Gasteiger charge is 2.37. The number of rotatable bonds is 6. The van der Waals surface area contributed by atoms with Gasteiger partial charge in [0.05, 0.1) is 21.8 Å². The largest absolute Gasteiger partial charge is 0.356 e. The van der Waals surface area contributed by atoms with E-state index in [2.05, 4.69) is 9.88 Å². The predicted molar refractivity (Wildman–Crippen MR) is 131 cm³/mol. The molecule has 1 aliphatic carbocycles. The Balaban J connectivity index is 1.62. The summed E-state index contributed by atoms with van der Waals surface area (Å²) >= 11 is 0. The molecule has 0 unspecified atom stereocenters. The third-order valence-corrected chi connectivity index (χ3v) is 9.04. The van der Waals surface area contributed by atoms with E-state index in [1.807, 2.05) is 27.7 Å². The maximum atomic E-state index is 13.7. The number of hydrogen-bond donors (Lipinski definition) is 1. The summed E-state index contributed by atoms with van der Waals surface area (Å²) in [7, 11) is -3.77. The molecule has 10 heteroatoms. The maximum Gasteiger partial charge on any atom is 0.248 e. The lowest BCUT2D eigenvalue weighted by molar-refractivity contribution is -0.124. The number of sulfonamides is 1. The van der Waals surface area contributed by atoms with E-state index in [0.717, 1.165) is 11.3 Å². The summed E-state index contributed by atoms with van der Waals surface area (Å²) in [6.07, 6.45) is 1.24. The van der Waals surface area contributed by atoms with Crippen LogP contribution in [0.3, 0.4) is 0 Å². The van der Waals surface area contributed by atoms with E-state index in [4.69, 9.17) is 4.98 Å². The lowest BCUT2D eigenvalue weighted by atomic mass is 9.86. The van der Waals surface area contributed by atoms with Crippen LogP contribution >= 0.6 is 0 Å². The van der Waals surface area contributed by atoms with E-state index in [-0.39, 0.29) is 47.4 Å². The molecular weight excluding hydrogens is 474 g/mol. The Morgan fingerprint density at radius 3 is 2.51 bits per heavy atom. The number of alkyl halides is 2. The van der Waals surface area contributed by atoms with Crippen molar-refractivity contribution >= 4 is 27.0 Å². The number of aromatic nitrogens is 2. The molecule has 2 aromatic rings. The van der Waals surface area contributed by atoms with Crippen LogP contribution in [0.1, 0.15) is 65.6 Å². The topological polar surface area (TPSA) is 84.3 Å². The molecule has 35 heavy (non-hydrogen) atoms. The molecule has 7 nitrogen and oxygen atoms in total. The Morgan fingerprint density at radius 2 is 1.89 bits per heavy atom. The Kier molecular flexibility index (Phi) is 7.00. The van der Waals surface area contributed by atoms with Crippen molar-refractivity contribution in [3.05, 3.63) is 24.0 Å². The predicted octanol–water partition coefficient (Wildman–Crippen LogP) is 4.31. The molecule has 2 fully saturated rings. The molecule has 1 saturated carbocycles. The Morgan fingerprint density at radius 1 is 1.20 bits per heavy atom. The van der Waals surface area contributed by atoms with Crippen molar-refractivity contribution in [2.24, 2.45) is 11.8 Å².